The molecule has 0 spiro atoms. The average Bonchev–Trinajstić information content (AvgIpc) is 3.01. The first kappa shape index (κ1) is 15.7. The lowest BCUT2D eigenvalue weighted by Crippen LogP contribution is -2.16. The number of imidazole rings is 1. The summed E-state index contributed by atoms with van der Waals surface area (Å²) in [5.74, 6) is -0.448. The Hall–Kier alpha value is -2.70. The molecule has 0 N–H and O–H groups in total. The maximum absolute atomic E-state index is 12.0. The van der Waals surface area contributed by atoms with Gasteiger partial charge in [-0.2, -0.15) is 0 Å². The number of aromatic nitrogens is 2. The highest BCUT2D eigenvalue weighted by atomic mass is 16.6. The Kier molecular flexibility index (Phi) is 4.88. The van der Waals surface area contributed by atoms with Gasteiger partial charge in [-0.15, -0.1) is 0 Å². The Morgan fingerprint density at radius 2 is 2.27 bits per heavy atom. The molecule has 1 aromatic carbocycles. The maximum atomic E-state index is 12.0. The van der Waals surface area contributed by atoms with E-state index < -0.39 is 10.9 Å². The number of carbonyl (C=O) groups is 1. The van der Waals surface area contributed by atoms with E-state index >= 15 is 0 Å². The van der Waals surface area contributed by atoms with Gasteiger partial charge in [-0.05, 0) is 18.9 Å². The van der Waals surface area contributed by atoms with Crippen LogP contribution in [0.2, 0.25) is 0 Å². The lowest BCUT2D eigenvalue weighted by Gasteiger charge is -2.16. The molecule has 2 aromatic rings. The summed E-state index contributed by atoms with van der Waals surface area (Å²) in [4.78, 5) is 26.4. The van der Waals surface area contributed by atoms with Gasteiger partial charge < -0.3 is 9.30 Å². The van der Waals surface area contributed by atoms with Crippen LogP contribution in [-0.2, 0) is 4.74 Å². The number of hydrogen-bond acceptors (Lipinski definition) is 5. The lowest BCUT2D eigenvalue weighted by atomic mass is 10.1. The van der Waals surface area contributed by atoms with Crippen molar-refractivity contribution in [3.63, 3.8) is 0 Å². The number of esters is 1. The van der Waals surface area contributed by atoms with E-state index in [9.17, 15) is 14.9 Å². The van der Waals surface area contributed by atoms with Crippen LogP contribution in [0.1, 0.15) is 42.4 Å². The van der Waals surface area contributed by atoms with Crippen LogP contribution in [0.15, 0.2) is 36.8 Å². The van der Waals surface area contributed by atoms with Gasteiger partial charge in [0.25, 0.3) is 5.69 Å². The third kappa shape index (κ3) is 3.30. The minimum absolute atomic E-state index is 0.0135. The van der Waals surface area contributed by atoms with Gasteiger partial charge in [-0.1, -0.05) is 19.1 Å². The summed E-state index contributed by atoms with van der Waals surface area (Å²) in [6.07, 6.45) is 3.69. The molecular weight excluding hydrogens is 286 g/mol. The van der Waals surface area contributed by atoms with Gasteiger partial charge in [0.1, 0.15) is 5.69 Å². The van der Waals surface area contributed by atoms with Gasteiger partial charge >= 0.3 is 5.97 Å². The Morgan fingerprint density at radius 1 is 1.50 bits per heavy atom. The molecule has 0 amide bonds. The topological polar surface area (TPSA) is 87.3 Å². The molecule has 0 aliphatic heterocycles. The number of carbonyl (C=O) groups excluding carboxylic acids is 1. The molecule has 7 nitrogen and oxygen atoms in total. The van der Waals surface area contributed by atoms with Crippen LogP contribution in [0.4, 0.5) is 5.69 Å². The van der Waals surface area contributed by atoms with Gasteiger partial charge in [-0.25, -0.2) is 9.78 Å². The summed E-state index contributed by atoms with van der Waals surface area (Å²) in [6.45, 7) is 4.10. The number of rotatable bonds is 6. The first-order chi connectivity index (χ1) is 10.5. The van der Waals surface area contributed by atoms with E-state index in [-0.39, 0.29) is 11.7 Å². The van der Waals surface area contributed by atoms with Crippen LogP contribution in [0, 0.1) is 10.1 Å². The molecule has 0 saturated carbocycles. The van der Waals surface area contributed by atoms with E-state index in [1.54, 1.807) is 16.7 Å². The molecule has 1 heterocycles. The highest BCUT2D eigenvalue weighted by Crippen LogP contribution is 2.23. The van der Waals surface area contributed by atoms with Gasteiger partial charge in [0, 0.05) is 12.1 Å². The Balaban J connectivity index is 2.29. The molecule has 0 radical (unpaired) electrons. The molecular formula is C15H17N3O4. The van der Waals surface area contributed by atoms with Crippen molar-refractivity contribution in [3.05, 3.63) is 58.2 Å². The number of nitro groups is 1. The van der Waals surface area contributed by atoms with Crippen LogP contribution >= 0.6 is 0 Å². The number of non-ortho nitro benzene ring substituents is 1. The van der Waals surface area contributed by atoms with E-state index in [0.29, 0.717) is 12.3 Å². The minimum Gasteiger partial charge on any atom is -0.461 e. The van der Waals surface area contributed by atoms with E-state index in [0.717, 1.165) is 12.0 Å². The highest BCUT2D eigenvalue weighted by Gasteiger charge is 2.19. The third-order valence-electron chi connectivity index (χ3n) is 3.29. The van der Waals surface area contributed by atoms with Crippen molar-refractivity contribution in [3.8, 4) is 0 Å². The zero-order chi connectivity index (χ0) is 16.1. The smallest absolute Gasteiger partial charge is 0.356 e. The van der Waals surface area contributed by atoms with E-state index in [2.05, 4.69) is 4.98 Å². The molecule has 116 valence electrons. The van der Waals surface area contributed by atoms with E-state index in [4.69, 9.17) is 4.74 Å². The number of nitro benzene ring substituents is 1. The van der Waals surface area contributed by atoms with Crippen molar-refractivity contribution in [1.29, 1.82) is 0 Å². The van der Waals surface area contributed by atoms with Crippen molar-refractivity contribution in [2.45, 2.75) is 26.3 Å². The molecule has 22 heavy (non-hydrogen) atoms. The van der Waals surface area contributed by atoms with Gasteiger partial charge in [-0.3, -0.25) is 10.1 Å². The Morgan fingerprint density at radius 3 is 2.95 bits per heavy atom. The highest BCUT2D eigenvalue weighted by molar-refractivity contribution is 5.87. The van der Waals surface area contributed by atoms with Gasteiger partial charge in [0.2, 0.25) is 0 Å². The molecule has 0 saturated heterocycles. The summed E-state index contributed by atoms with van der Waals surface area (Å²) < 4.78 is 6.77. The van der Waals surface area contributed by atoms with Crippen LogP contribution in [0.3, 0.4) is 0 Å². The average molecular weight is 303 g/mol. The monoisotopic (exact) mass is 303 g/mol. The van der Waals surface area contributed by atoms with Crippen LogP contribution in [0.25, 0.3) is 0 Å². The Bertz CT molecular complexity index is 681. The van der Waals surface area contributed by atoms with E-state index in [1.165, 1.54) is 24.7 Å². The zero-order valence-corrected chi connectivity index (χ0v) is 12.4. The number of hydrogen-bond donors (Lipinski definition) is 0. The van der Waals surface area contributed by atoms with Gasteiger partial charge in [0.15, 0.2) is 0 Å². The SMILES string of the molecule is CCCOC(=O)c1cncn1[C@H](C)c1cccc([N+](=O)[O-])c1. The number of benzene rings is 1. The summed E-state index contributed by atoms with van der Waals surface area (Å²) in [5, 5.41) is 10.9. The predicted octanol–water partition coefficient (Wildman–Crippen LogP) is 2.97. The fraction of sp³-hybridized carbons (Fsp3) is 0.333. The summed E-state index contributed by atoms with van der Waals surface area (Å²) in [5.41, 5.74) is 1.06. The van der Waals surface area contributed by atoms with Crippen molar-refractivity contribution in [2.24, 2.45) is 0 Å². The molecule has 1 aromatic heterocycles. The fourth-order valence-corrected chi connectivity index (χ4v) is 2.10. The fourth-order valence-electron chi connectivity index (χ4n) is 2.10. The zero-order valence-electron chi connectivity index (χ0n) is 12.4. The molecule has 2 rings (SSSR count). The van der Waals surface area contributed by atoms with Gasteiger partial charge in [0.05, 0.1) is 30.1 Å². The number of ether oxygens (including phenoxy) is 1. The molecule has 1 atom stereocenters. The summed E-state index contributed by atoms with van der Waals surface area (Å²) >= 11 is 0. The normalized spacial score (nSPS) is 11.9. The van der Waals surface area contributed by atoms with Crippen molar-refractivity contribution in [1.82, 2.24) is 9.55 Å². The second-order valence-corrected chi connectivity index (χ2v) is 4.85. The second kappa shape index (κ2) is 6.84. The lowest BCUT2D eigenvalue weighted by molar-refractivity contribution is -0.384. The first-order valence-corrected chi connectivity index (χ1v) is 6.98. The van der Waals surface area contributed by atoms with Crippen molar-refractivity contribution in [2.75, 3.05) is 6.61 Å². The summed E-state index contributed by atoms with van der Waals surface area (Å²) in [7, 11) is 0. The van der Waals surface area contributed by atoms with Crippen LogP contribution in [0.5, 0.6) is 0 Å². The minimum atomic E-state index is -0.448. The molecule has 0 unspecified atom stereocenters. The summed E-state index contributed by atoms with van der Waals surface area (Å²) in [6, 6.07) is 6.05. The largest absolute Gasteiger partial charge is 0.461 e. The van der Waals surface area contributed by atoms with Crippen LogP contribution < -0.4 is 0 Å². The second-order valence-electron chi connectivity index (χ2n) is 4.85. The van der Waals surface area contributed by atoms with E-state index in [1.807, 2.05) is 13.8 Å². The predicted molar refractivity (Wildman–Crippen MR) is 79.7 cm³/mol. The molecule has 7 heteroatoms. The van der Waals surface area contributed by atoms with Crippen LogP contribution in [-0.4, -0.2) is 27.1 Å². The van der Waals surface area contributed by atoms with Crippen molar-refractivity contribution < 1.29 is 14.5 Å². The first-order valence-electron chi connectivity index (χ1n) is 6.98. The molecule has 0 aliphatic carbocycles. The maximum Gasteiger partial charge on any atom is 0.356 e. The number of nitrogens with zero attached hydrogens (tertiary/aromatic N) is 3. The molecule has 0 bridgehead atoms. The molecule has 0 aliphatic rings. The third-order valence-corrected chi connectivity index (χ3v) is 3.29. The van der Waals surface area contributed by atoms with Crippen molar-refractivity contribution >= 4 is 11.7 Å². The quantitative estimate of drug-likeness (QED) is 0.465. The standard InChI is InChI=1S/C15H17N3O4/c1-3-7-22-15(19)14-9-16-10-17(14)11(2)12-5-4-6-13(8-12)18(20)21/h4-6,8-11H,3,7H2,1-2H3/t11-/m1/s1. The molecule has 0 fully saturated rings. The Labute approximate surface area is 127 Å².